The van der Waals surface area contributed by atoms with Crippen LogP contribution in [-0.2, 0) is 0 Å². The molecule has 1 aliphatic heterocycles. The summed E-state index contributed by atoms with van der Waals surface area (Å²) in [7, 11) is 1.61. The van der Waals surface area contributed by atoms with E-state index in [4.69, 9.17) is 9.26 Å². The van der Waals surface area contributed by atoms with Crippen molar-refractivity contribution >= 4 is 5.91 Å². The van der Waals surface area contributed by atoms with Crippen LogP contribution in [0.4, 0.5) is 0 Å². The summed E-state index contributed by atoms with van der Waals surface area (Å²) < 4.78 is 10.7. The summed E-state index contributed by atoms with van der Waals surface area (Å²) in [4.78, 5) is 14.3. The first-order valence-electron chi connectivity index (χ1n) is 7.58. The van der Waals surface area contributed by atoms with Crippen molar-refractivity contribution in [1.29, 1.82) is 0 Å². The van der Waals surface area contributed by atoms with E-state index in [1.54, 1.807) is 13.2 Å². The van der Waals surface area contributed by atoms with E-state index >= 15 is 0 Å². The third-order valence-electron chi connectivity index (χ3n) is 4.17. The number of piperidine rings is 1. The Kier molecular flexibility index (Phi) is 4.13. The molecule has 0 bridgehead atoms. The van der Waals surface area contributed by atoms with Gasteiger partial charge in [0.1, 0.15) is 5.75 Å². The molecule has 1 amide bonds. The van der Waals surface area contributed by atoms with Crippen LogP contribution >= 0.6 is 0 Å². The highest BCUT2D eigenvalue weighted by atomic mass is 16.5. The Balaban J connectivity index is 1.80. The first-order chi connectivity index (χ1) is 10.7. The third-order valence-corrected chi connectivity index (χ3v) is 4.17. The van der Waals surface area contributed by atoms with Crippen LogP contribution in [0.25, 0.3) is 11.3 Å². The molecule has 0 aliphatic carbocycles. The Hall–Kier alpha value is -2.30. The zero-order chi connectivity index (χ0) is 15.5. The molecule has 1 aliphatic rings. The Morgan fingerprint density at radius 3 is 2.77 bits per heavy atom. The lowest BCUT2D eigenvalue weighted by Crippen LogP contribution is -2.38. The van der Waals surface area contributed by atoms with Gasteiger partial charge in [0.25, 0.3) is 5.91 Å². The van der Waals surface area contributed by atoms with Crippen LogP contribution in [0.15, 0.2) is 34.9 Å². The van der Waals surface area contributed by atoms with Crippen LogP contribution in [0, 0.1) is 5.92 Å². The molecule has 1 fully saturated rings. The number of nitrogens with zero attached hydrogens (tertiary/aromatic N) is 2. The van der Waals surface area contributed by atoms with Crippen molar-refractivity contribution in [1.82, 2.24) is 10.1 Å². The molecule has 3 rings (SSSR count). The molecule has 0 saturated carbocycles. The number of likely N-dealkylation sites (tertiary alicyclic amines) is 1. The molecule has 0 radical (unpaired) electrons. The van der Waals surface area contributed by atoms with Crippen molar-refractivity contribution in [2.24, 2.45) is 5.92 Å². The van der Waals surface area contributed by atoms with E-state index in [-0.39, 0.29) is 5.91 Å². The topological polar surface area (TPSA) is 55.6 Å². The number of hydrogen-bond donors (Lipinski definition) is 0. The molecule has 22 heavy (non-hydrogen) atoms. The monoisotopic (exact) mass is 300 g/mol. The van der Waals surface area contributed by atoms with Gasteiger partial charge in [-0.25, -0.2) is 0 Å². The Morgan fingerprint density at radius 2 is 2.05 bits per heavy atom. The number of hydrogen-bond acceptors (Lipinski definition) is 4. The number of para-hydroxylation sites is 1. The van der Waals surface area contributed by atoms with Gasteiger partial charge in [-0.3, -0.25) is 4.79 Å². The number of amides is 1. The molecule has 1 aromatic heterocycles. The maximum atomic E-state index is 12.5. The average Bonchev–Trinajstić information content (AvgIpc) is 3.04. The van der Waals surface area contributed by atoms with E-state index in [9.17, 15) is 4.79 Å². The van der Waals surface area contributed by atoms with Gasteiger partial charge in [-0.15, -0.1) is 0 Å². The quantitative estimate of drug-likeness (QED) is 0.873. The minimum atomic E-state index is -0.0585. The Labute approximate surface area is 129 Å². The predicted octanol–water partition coefficient (Wildman–Crippen LogP) is 3.22. The fourth-order valence-electron chi connectivity index (χ4n) is 2.72. The smallest absolute Gasteiger partial charge is 0.276 e. The summed E-state index contributed by atoms with van der Waals surface area (Å²) in [5.41, 5.74) is 1.15. The lowest BCUT2D eigenvalue weighted by molar-refractivity contribution is 0.0687. The van der Waals surface area contributed by atoms with Gasteiger partial charge in [0.05, 0.1) is 12.7 Å². The number of aromatic nitrogens is 1. The van der Waals surface area contributed by atoms with E-state index in [0.717, 1.165) is 31.5 Å². The highest BCUT2D eigenvalue weighted by molar-refractivity contribution is 5.93. The first-order valence-corrected chi connectivity index (χ1v) is 7.58. The minimum absolute atomic E-state index is 0.0585. The molecule has 1 aromatic carbocycles. The zero-order valence-corrected chi connectivity index (χ0v) is 12.9. The van der Waals surface area contributed by atoms with Crippen LogP contribution in [-0.4, -0.2) is 36.2 Å². The van der Waals surface area contributed by atoms with Crippen molar-refractivity contribution < 1.29 is 14.1 Å². The molecule has 116 valence electrons. The molecule has 0 spiro atoms. The van der Waals surface area contributed by atoms with E-state index in [0.29, 0.717) is 23.1 Å². The lowest BCUT2D eigenvalue weighted by Gasteiger charge is -2.29. The van der Waals surface area contributed by atoms with Crippen LogP contribution in [0.3, 0.4) is 0 Å². The molecule has 0 atom stereocenters. The lowest BCUT2D eigenvalue weighted by atomic mass is 9.99. The van der Waals surface area contributed by atoms with Gasteiger partial charge in [0, 0.05) is 19.2 Å². The number of carbonyl (C=O) groups excluding carboxylic acids is 1. The second kappa shape index (κ2) is 6.22. The zero-order valence-electron chi connectivity index (χ0n) is 12.9. The van der Waals surface area contributed by atoms with Gasteiger partial charge in [-0.1, -0.05) is 24.2 Å². The van der Waals surface area contributed by atoms with Crippen LogP contribution < -0.4 is 4.74 Å². The number of ether oxygens (including phenoxy) is 1. The predicted molar refractivity (Wildman–Crippen MR) is 82.8 cm³/mol. The standard InChI is InChI=1S/C17H20N2O3/c1-12-7-9-19(10-8-12)17(20)14-11-16(22-18-14)13-5-3-4-6-15(13)21-2/h3-6,11-12H,7-10H2,1-2H3. The molecule has 1 saturated heterocycles. The summed E-state index contributed by atoms with van der Waals surface area (Å²) in [5.74, 6) is 1.87. The SMILES string of the molecule is COc1ccccc1-c1cc(C(=O)N2CCC(C)CC2)no1. The van der Waals surface area contributed by atoms with Crippen molar-refractivity contribution in [2.75, 3.05) is 20.2 Å². The largest absolute Gasteiger partial charge is 0.496 e. The fraction of sp³-hybridized carbons (Fsp3) is 0.412. The molecule has 2 aromatic rings. The van der Waals surface area contributed by atoms with Gasteiger partial charge >= 0.3 is 0 Å². The first kappa shape index (κ1) is 14.6. The third kappa shape index (κ3) is 2.84. The van der Waals surface area contributed by atoms with Crippen molar-refractivity contribution in [2.45, 2.75) is 19.8 Å². The second-order valence-electron chi connectivity index (χ2n) is 5.75. The van der Waals surface area contributed by atoms with E-state index < -0.39 is 0 Å². The van der Waals surface area contributed by atoms with Crippen molar-refractivity contribution in [3.63, 3.8) is 0 Å². The average molecular weight is 300 g/mol. The van der Waals surface area contributed by atoms with E-state index in [1.807, 2.05) is 29.2 Å². The van der Waals surface area contributed by atoms with E-state index in [1.165, 1.54) is 0 Å². The van der Waals surface area contributed by atoms with Crippen molar-refractivity contribution in [3.05, 3.63) is 36.0 Å². The van der Waals surface area contributed by atoms with Gasteiger partial charge < -0.3 is 14.2 Å². The molecular weight excluding hydrogens is 280 g/mol. The van der Waals surface area contributed by atoms with Gasteiger partial charge in [-0.2, -0.15) is 0 Å². The molecule has 0 unspecified atom stereocenters. The van der Waals surface area contributed by atoms with Gasteiger partial charge in [0.2, 0.25) is 0 Å². The Bertz CT molecular complexity index is 657. The van der Waals surface area contributed by atoms with E-state index in [2.05, 4.69) is 12.1 Å². The molecular formula is C17H20N2O3. The van der Waals surface area contributed by atoms with Crippen molar-refractivity contribution in [3.8, 4) is 17.1 Å². The molecule has 5 heteroatoms. The molecule has 2 heterocycles. The van der Waals surface area contributed by atoms with Crippen LogP contribution in [0.2, 0.25) is 0 Å². The number of carbonyl (C=O) groups is 1. The van der Waals surface area contributed by atoms with Crippen LogP contribution in [0.1, 0.15) is 30.3 Å². The number of benzene rings is 1. The molecule has 0 N–H and O–H groups in total. The second-order valence-corrected chi connectivity index (χ2v) is 5.75. The summed E-state index contributed by atoms with van der Waals surface area (Å²) in [6.07, 6.45) is 2.09. The van der Waals surface area contributed by atoms with Gasteiger partial charge in [-0.05, 0) is 30.9 Å². The maximum absolute atomic E-state index is 12.5. The summed E-state index contributed by atoms with van der Waals surface area (Å²) in [6, 6.07) is 9.22. The highest BCUT2D eigenvalue weighted by Gasteiger charge is 2.24. The Morgan fingerprint density at radius 1 is 1.32 bits per heavy atom. The van der Waals surface area contributed by atoms with Crippen LogP contribution in [0.5, 0.6) is 5.75 Å². The fourth-order valence-corrected chi connectivity index (χ4v) is 2.72. The summed E-state index contributed by atoms with van der Waals surface area (Å²) in [6.45, 7) is 3.80. The normalized spacial score (nSPS) is 15.8. The van der Waals surface area contributed by atoms with Gasteiger partial charge in [0.15, 0.2) is 11.5 Å². The number of rotatable bonds is 3. The minimum Gasteiger partial charge on any atom is -0.496 e. The summed E-state index contributed by atoms with van der Waals surface area (Å²) in [5, 5.41) is 3.94. The molecule has 5 nitrogen and oxygen atoms in total. The number of methoxy groups -OCH3 is 1. The summed E-state index contributed by atoms with van der Waals surface area (Å²) >= 11 is 0. The highest BCUT2D eigenvalue weighted by Crippen LogP contribution is 2.30. The maximum Gasteiger partial charge on any atom is 0.276 e.